The van der Waals surface area contributed by atoms with Crippen molar-refractivity contribution in [3.8, 4) is 0 Å². The zero-order valence-corrected chi connectivity index (χ0v) is 13.3. The molecule has 0 amide bonds. The van der Waals surface area contributed by atoms with Crippen LogP contribution in [0.15, 0.2) is 0 Å². The molecular formula is C14H25N5O2. The van der Waals surface area contributed by atoms with Crippen LogP contribution in [0.3, 0.4) is 0 Å². The van der Waals surface area contributed by atoms with E-state index in [-0.39, 0.29) is 16.7 Å². The smallest absolute Gasteiger partial charge is 0.333 e. The minimum atomic E-state index is -0.335. The van der Waals surface area contributed by atoms with E-state index in [1.165, 1.54) is 0 Å². The Balaban J connectivity index is 2.12. The molecule has 118 valence electrons. The summed E-state index contributed by atoms with van der Waals surface area (Å²) in [6, 6.07) is 0.0948. The number of hydrogen-bond donors (Lipinski definition) is 1. The third kappa shape index (κ3) is 3.53. The first-order chi connectivity index (χ1) is 9.90. The average molecular weight is 295 g/mol. The Hall–Kier alpha value is -1.63. The first kappa shape index (κ1) is 15.8. The molecule has 7 heteroatoms. The number of nitro groups is 1. The fourth-order valence-electron chi connectivity index (χ4n) is 2.80. The second-order valence-electron chi connectivity index (χ2n) is 6.21. The van der Waals surface area contributed by atoms with E-state index in [0.717, 1.165) is 32.5 Å². The third-order valence-corrected chi connectivity index (χ3v) is 4.12. The summed E-state index contributed by atoms with van der Waals surface area (Å²) in [7, 11) is 2.13. The molecule has 1 N–H and O–H groups in total. The molecule has 1 aromatic rings. The van der Waals surface area contributed by atoms with Crippen LogP contribution >= 0.6 is 0 Å². The van der Waals surface area contributed by atoms with E-state index in [9.17, 15) is 10.1 Å². The Morgan fingerprint density at radius 2 is 2.05 bits per heavy atom. The molecule has 1 saturated heterocycles. The lowest BCUT2D eigenvalue weighted by Crippen LogP contribution is -2.33. The maximum Gasteiger partial charge on any atom is 0.333 e. The number of hydrogen-bond acceptors (Lipinski definition) is 5. The summed E-state index contributed by atoms with van der Waals surface area (Å²) < 4.78 is 1.72. The normalized spacial score (nSPS) is 17.4. The lowest BCUT2D eigenvalue weighted by molar-refractivity contribution is -0.384. The second kappa shape index (κ2) is 6.43. The van der Waals surface area contributed by atoms with Crippen LogP contribution in [0.4, 0.5) is 11.5 Å². The number of aryl methyl sites for hydroxylation is 1. The summed E-state index contributed by atoms with van der Waals surface area (Å²) in [5, 5.41) is 18.9. The van der Waals surface area contributed by atoms with Gasteiger partial charge in [0.25, 0.3) is 0 Å². The van der Waals surface area contributed by atoms with Crippen molar-refractivity contribution < 1.29 is 4.92 Å². The summed E-state index contributed by atoms with van der Waals surface area (Å²) in [5.41, 5.74) is 0.580. The maximum atomic E-state index is 11.3. The van der Waals surface area contributed by atoms with Crippen molar-refractivity contribution in [3.63, 3.8) is 0 Å². The summed E-state index contributed by atoms with van der Waals surface area (Å²) in [5.74, 6) is 1.11. The highest BCUT2D eigenvalue weighted by atomic mass is 16.6. The molecule has 0 saturated carbocycles. The highest BCUT2D eigenvalue weighted by Crippen LogP contribution is 2.31. The number of aromatic nitrogens is 2. The number of piperidine rings is 1. The van der Waals surface area contributed by atoms with Gasteiger partial charge < -0.3 is 10.2 Å². The standard InChI is InChI=1S/C14H25N5O2/c1-10(2)18-14(13(19(20)21)11(3)16-18)15-9-12-5-7-17(4)8-6-12/h10,12,15H,5-9H2,1-4H3. The van der Waals surface area contributed by atoms with Crippen molar-refractivity contribution in [1.29, 1.82) is 0 Å². The van der Waals surface area contributed by atoms with Gasteiger partial charge in [-0.2, -0.15) is 5.10 Å². The van der Waals surface area contributed by atoms with Gasteiger partial charge in [0.15, 0.2) is 0 Å². The summed E-state index contributed by atoms with van der Waals surface area (Å²) >= 11 is 0. The topological polar surface area (TPSA) is 76.2 Å². The van der Waals surface area contributed by atoms with Gasteiger partial charge in [-0.25, -0.2) is 4.68 Å². The van der Waals surface area contributed by atoms with E-state index in [4.69, 9.17) is 0 Å². The molecule has 2 rings (SSSR count). The van der Waals surface area contributed by atoms with Crippen LogP contribution in [-0.2, 0) is 0 Å². The molecule has 0 atom stereocenters. The molecule has 21 heavy (non-hydrogen) atoms. The van der Waals surface area contributed by atoms with Gasteiger partial charge in [-0.05, 0) is 59.7 Å². The largest absolute Gasteiger partial charge is 0.364 e. The number of likely N-dealkylation sites (tertiary alicyclic amines) is 1. The Kier molecular flexibility index (Phi) is 4.82. The monoisotopic (exact) mass is 295 g/mol. The lowest BCUT2D eigenvalue weighted by atomic mass is 9.97. The first-order valence-electron chi connectivity index (χ1n) is 7.56. The first-order valence-corrected chi connectivity index (χ1v) is 7.56. The van der Waals surface area contributed by atoms with E-state index < -0.39 is 0 Å². The fourth-order valence-corrected chi connectivity index (χ4v) is 2.80. The highest BCUT2D eigenvalue weighted by Gasteiger charge is 2.27. The predicted octanol–water partition coefficient (Wildman–Crippen LogP) is 2.43. The average Bonchev–Trinajstić information content (AvgIpc) is 2.75. The molecular weight excluding hydrogens is 270 g/mol. The molecule has 1 aliphatic heterocycles. The molecule has 0 bridgehead atoms. The fraction of sp³-hybridized carbons (Fsp3) is 0.786. The van der Waals surface area contributed by atoms with Gasteiger partial charge in [0, 0.05) is 12.6 Å². The lowest BCUT2D eigenvalue weighted by Gasteiger charge is -2.29. The SMILES string of the molecule is Cc1nn(C(C)C)c(NCC2CCN(C)CC2)c1[N+](=O)[O-]. The zero-order chi connectivity index (χ0) is 15.6. The number of anilines is 1. The van der Waals surface area contributed by atoms with Gasteiger partial charge >= 0.3 is 5.69 Å². The van der Waals surface area contributed by atoms with Crippen LogP contribution in [0, 0.1) is 23.0 Å². The Morgan fingerprint density at radius 3 is 2.57 bits per heavy atom. The third-order valence-electron chi connectivity index (χ3n) is 4.12. The predicted molar refractivity (Wildman–Crippen MR) is 82.7 cm³/mol. The van der Waals surface area contributed by atoms with E-state index in [1.54, 1.807) is 11.6 Å². The van der Waals surface area contributed by atoms with E-state index in [2.05, 4.69) is 22.4 Å². The number of nitrogens with one attached hydrogen (secondary N) is 1. The maximum absolute atomic E-state index is 11.3. The number of nitrogens with zero attached hydrogens (tertiary/aromatic N) is 4. The Bertz CT molecular complexity index is 504. The summed E-state index contributed by atoms with van der Waals surface area (Å²) in [6.07, 6.45) is 2.26. The van der Waals surface area contributed by atoms with Crippen LogP contribution in [0.5, 0.6) is 0 Å². The van der Waals surface area contributed by atoms with Crippen molar-refractivity contribution in [1.82, 2.24) is 14.7 Å². The molecule has 0 radical (unpaired) electrons. The van der Waals surface area contributed by atoms with E-state index in [0.29, 0.717) is 17.4 Å². The van der Waals surface area contributed by atoms with Crippen molar-refractivity contribution in [2.24, 2.45) is 5.92 Å². The summed E-state index contributed by atoms with van der Waals surface area (Å²) in [6.45, 7) is 8.62. The van der Waals surface area contributed by atoms with Crippen molar-refractivity contribution in [2.75, 3.05) is 32.0 Å². The molecule has 1 aliphatic rings. The minimum absolute atomic E-state index is 0.0948. The van der Waals surface area contributed by atoms with Crippen molar-refractivity contribution in [2.45, 2.75) is 39.7 Å². The molecule has 1 fully saturated rings. The van der Waals surface area contributed by atoms with Crippen LogP contribution in [0.25, 0.3) is 0 Å². The van der Waals surface area contributed by atoms with Crippen molar-refractivity contribution in [3.05, 3.63) is 15.8 Å². The van der Waals surface area contributed by atoms with Crippen LogP contribution in [0.1, 0.15) is 38.4 Å². The van der Waals surface area contributed by atoms with Gasteiger partial charge in [-0.1, -0.05) is 0 Å². The Labute approximate surface area is 125 Å². The van der Waals surface area contributed by atoms with Gasteiger partial charge in [0.2, 0.25) is 5.82 Å². The molecule has 7 nitrogen and oxygen atoms in total. The Morgan fingerprint density at radius 1 is 1.43 bits per heavy atom. The zero-order valence-electron chi connectivity index (χ0n) is 13.3. The van der Waals surface area contributed by atoms with Crippen LogP contribution in [-0.4, -0.2) is 46.3 Å². The van der Waals surface area contributed by atoms with Crippen LogP contribution in [0.2, 0.25) is 0 Å². The molecule has 0 spiro atoms. The second-order valence-corrected chi connectivity index (χ2v) is 6.21. The highest BCUT2D eigenvalue weighted by molar-refractivity contribution is 5.59. The quantitative estimate of drug-likeness (QED) is 0.667. The van der Waals surface area contributed by atoms with Gasteiger partial charge in [-0.3, -0.25) is 10.1 Å². The van der Waals surface area contributed by atoms with Gasteiger partial charge in [0.05, 0.1) is 4.92 Å². The molecule has 1 aromatic heterocycles. The molecule has 0 aliphatic carbocycles. The molecule has 0 unspecified atom stereocenters. The van der Waals surface area contributed by atoms with Crippen molar-refractivity contribution >= 4 is 11.5 Å². The van der Waals surface area contributed by atoms with E-state index >= 15 is 0 Å². The molecule has 0 aromatic carbocycles. The summed E-state index contributed by atoms with van der Waals surface area (Å²) in [4.78, 5) is 13.3. The number of rotatable bonds is 5. The van der Waals surface area contributed by atoms with Crippen LogP contribution < -0.4 is 5.32 Å². The van der Waals surface area contributed by atoms with Gasteiger partial charge in [0.1, 0.15) is 5.69 Å². The molecule has 2 heterocycles. The van der Waals surface area contributed by atoms with E-state index in [1.807, 2.05) is 13.8 Å². The van der Waals surface area contributed by atoms with Gasteiger partial charge in [-0.15, -0.1) is 0 Å². The minimum Gasteiger partial charge on any atom is -0.364 e.